The summed E-state index contributed by atoms with van der Waals surface area (Å²) in [6.45, 7) is 3.73. The maximum absolute atomic E-state index is 12.2. The first kappa shape index (κ1) is 10.3. The van der Waals surface area contributed by atoms with E-state index in [0.29, 0.717) is 11.6 Å². The van der Waals surface area contributed by atoms with E-state index in [4.69, 9.17) is 0 Å². The zero-order chi connectivity index (χ0) is 12.0. The Hall–Kier alpha value is -1.91. The summed E-state index contributed by atoms with van der Waals surface area (Å²) in [5.74, 6) is 1.32. The quantitative estimate of drug-likeness (QED) is 0.796. The van der Waals surface area contributed by atoms with Crippen LogP contribution in [-0.4, -0.2) is 19.7 Å². The van der Waals surface area contributed by atoms with Gasteiger partial charge in [0.25, 0.3) is 5.56 Å². The largest absolute Gasteiger partial charge is 0.293 e. The normalized spacial score (nSPS) is 14.0. The molecule has 0 aromatic carbocycles. The summed E-state index contributed by atoms with van der Waals surface area (Å²) >= 11 is 0. The Bertz CT molecular complexity index is 618. The van der Waals surface area contributed by atoms with E-state index in [1.165, 1.54) is 4.68 Å². The molecule has 0 spiro atoms. The van der Waals surface area contributed by atoms with Crippen LogP contribution in [0.4, 0.5) is 0 Å². The second kappa shape index (κ2) is 3.55. The predicted octanol–water partition coefficient (Wildman–Crippen LogP) is 1.06. The molecule has 0 unspecified atom stereocenters. The highest BCUT2D eigenvalue weighted by atomic mass is 16.1. The smallest absolute Gasteiger partial charge is 0.276 e. The Kier molecular flexibility index (Phi) is 2.14. The molecule has 0 fully saturated rings. The molecule has 1 N–H and O–H groups in total. The van der Waals surface area contributed by atoms with Crippen molar-refractivity contribution in [2.24, 2.45) is 0 Å². The van der Waals surface area contributed by atoms with Gasteiger partial charge in [-0.05, 0) is 33.1 Å². The lowest BCUT2D eigenvalue weighted by Crippen LogP contribution is -2.19. The number of hydrogen-bond acceptors (Lipinski definition) is 3. The predicted molar refractivity (Wildman–Crippen MR) is 63.5 cm³/mol. The lowest BCUT2D eigenvalue weighted by Gasteiger charge is -2.03. The van der Waals surface area contributed by atoms with Gasteiger partial charge in [0.05, 0.1) is 0 Å². The molecule has 0 amide bonds. The van der Waals surface area contributed by atoms with Crippen molar-refractivity contribution in [2.75, 3.05) is 0 Å². The van der Waals surface area contributed by atoms with Gasteiger partial charge in [-0.1, -0.05) is 0 Å². The van der Waals surface area contributed by atoms with E-state index >= 15 is 0 Å². The highest BCUT2D eigenvalue weighted by Crippen LogP contribution is 2.17. The van der Waals surface area contributed by atoms with Gasteiger partial charge in [-0.25, -0.2) is 14.6 Å². The molecular weight excluding hydrogens is 216 g/mol. The van der Waals surface area contributed by atoms with Crippen LogP contribution < -0.4 is 5.56 Å². The van der Waals surface area contributed by atoms with E-state index in [1.54, 1.807) is 0 Å². The number of fused-ring (bicyclic) bond motifs is 1. The molecule has 2 aromatic rings. The van der Waals surface area contributed by atoms with E-state index in [2.05, 4.69) is 15.1 Å². The van der Waals surface area contributed by atoms with Crippen LogP contribution in [0.25, 0.3) is 5.82 Å². The van der Waals surface area contributed by atoms with Gasteiger partial charge in [0.2, 0.25) is 0 Å². The Labute approximate surface area is 98.5 Å². The van der Waals surface area contributed by atoms with Crippen LogP contribution >= 0.6 is 0 Å². The van der Waals surface area contributed by atoms with Crippen molar-refractivity contribution < 1.29 is 0 Å². The summed E-state index contributed by atoms with van der Waals surface area (Å²) < 4.78 is 1.53. The number of aromatic nitrogens is 4. The molecule has 5 nitrogen and oxygen atoms in total. The lowest BCUT2D eigenvalue weighted by atomic mass is 10.3. The van der Waals surface area contributed by atoms with Gasteiger partial charge >= 0.3 is 0 Å². The third-order valence-corrected chi connectivity index (χ3v) is 3.11. The number of nitrogens with zero attached hydrogens (tertiary/aromatic N) is 3. The summed E-state index contributed by atoms with van der Waals surface area (Å²) in [7, 11) is 0. The van der Waals surface area contributed by atoms with Crippen LogP contribution in [0.2, 0.25) is 0 Å². The van der Waals surface area contributed by atoms with Crippen LogP contribution in [0.1, 0.15) is 29.2 Å². The molecule has 0 saturated carbocycles. The number of hydrogen-bond donors (Lipinski definition) is 1. The number of aryl methyl sites for hydroxylation is 3. The van der Waals surface area contributed by atoms with Crippen LogP contribution in [0.15, 0.2) is 10.9 Å². The van der Waals surface area contributed by atoms with Crippen LogP contribution in [0, 0.1) is 13.8 Å². The second-order valence-electron chi connectivity index (χ2n) is 4.48. The van der Waals surface area contributed by atoms with Crippen LogP contribution in [0.3, 0.4) is 0 Å². The molecule has 5 heteroatoms. The van der Waals surface area contributed by atoms with Gasteiger partial charge in [-0.15, -0.1) is 0 Å². The van der Waals surface area contributed by atoms with Crippen molar-refractivity contribution in [3.8, 4) is 5.82 Å². The Morgan fingerprint density at radius 3 is 2.82 bits per heavy atom. The fourth-order valence-electron chi connectivity index (χ4n) is 2.40. The minimum atomic E-state index is 0.0370. The Balaban J connectivity index is 2.19. The molecule has 0 bridgehead atoms. The van der Waals surface area contributed by atoms with Crippen LogP contribution in [0.5, 0.6) is 0 Å². The van der Waals surface area contributed by atoms with E-state index in [0.717, 1.165) is 36.2 Å². The minimum Gasteiger partial charge on any atom is -0.293 e. The molecule has 88 valence electrons. The topological polar surface area (TPSA) is 63.6 Å². The fourth-order valence-corrected chi connectivity index (χ4v) is 2.40. The zero-order valence-corrected chi connectivity index (χ0v) is 9.95. The Morgan fingerprint density at radius 2 is 2.12 bits per heavy atom. The van der Waals surface area contributed by atoms with Crippen molar-refractivity contribution in [1.82, 2.24) is 19.7 Å². The van der Waals surface area contributed by atoms with Crippen molar-refractivity contribution in [3.05, 3.63) is 39.2 Å². The highest BCUT2D eigenvalue weighted by molar-refractivity contribution is 5.30. The molecule has 0 aliphatic heterocycles. The van der Waals surface area contributed by atoms with Crippen molar-refractivity contribution in [3.63, 3.8) is 0 Å². The van der Waals surface area contributed by atoms with E-state index < -0.39 is 0 Å². The molecule has 2 aromatic heterocycles. The van der Waals surface area contributed by atoms with Crippen molar-refractivity contribution in [2.45, 2.75) is 33.1 Å². The van der Waals surface area contributed by atoms with Gasteiger partial charge in [0.1, 0.15) is 5.82 Å². The second-order valence-corrected chi connectivity index (χ2v) is 4.48. The lowest BCUT2D eigenvalue weighted by molar-refractivity contribution is 0.753. The summed E-state index contributed by atoms with van der Waals surface area (Å²) in [6, 6.07) is 1.82. The third-order valence-electron chi connectivity index (χ3n) is 3.11. The number of H-pyrrole nitrogens is 1. The molecule has 0 atom stereocenters. The van der Waals surface area contributed by atoms with E-state index in [9.17, 15) is 4.79 Å². The third kappa shape index (κ3) is 1.58. The maximum atomic E-state index is 12.2. The minimum absolute atomic E-state index is 0.0370. The molecule has 1 aliphatic carbocycles. The first-order valence-electron chi connectivity index (χ1n) is 5.80. The van der Waals surface area contributed by atoms with E-state index in [1.807, 2.05) is 19.9 Å². The molecule has 17 heavy (non-hydrogen) atoms. The SMILES string of the molecule is Cc1cc(-n2[nH]c3c(c2=O)CCC3)nc(C)n1. The highest BCUT2D eigenvalue weighted by Gasteiger charge is 2.20. The number of aromatic amines is 1. The average molecular weight is 230 g/mol. The Morgan fingerprint density at radius 1 is 1.29 bits per heavy atom. The fraction of sp³-hybridized carbons (Fsp3) is 0.417. The maximum Gasteiger partial charge on any atom is 0.276 e. The molecule has 0 radical (unpaired) electrons. The average Bonchev–Trinajstić information content (AvgIpc) is 2.80. The summed E-state index contributed by atoms with van der Waals surface area (Å²) in [4.78, 5) is 20.7. The standard InChI is InChI=1S/C12H14N4O/c1-7-6-11(14-8(2)13-7)16-12(17)9-4-3-5-10(9)15-16/h6,15H,3-5H2,1-2H3. The van der Waals surface area contributed by atoms with E-state index in [-0.39, 0.29) is 5.56 Å². The van der Waals surface area contributed by atoms with Crippen molar-refractivity contribution >= 4 is 0 Å². The number of nitrogens with one attached hydrogen (secondary N) is 1. The van der Waals surface area contributed by atoms with Crippen LogP contribution in [-0.2, 0) is 12.8 Å². The summed E-state index contributed by atoms with van der Waals surface area (Å²) in [6.07, 6.45) is 2.90. The van der Waals surface area contributed by atoms with Gasteiger partial charge < -0.3 is 0 Å². The molecule has 3 rings (SSSR count). The first-order valence-corrected chi connectivity index (χ1v) is 5.80. The summed E-state index contributed by atoms with van der Waals surface area (Å²) in [5.41, 5.74) is 2.88. The zero-order valence-electron chi connectivity index (χ0n) is 9.95. The van der Waals surface area contributed by atoms with Crippen molar-refractivity contribution in [1.29, 1.82) is 0 Å². The van der Waals surface area contributed by atoms with Gasteiger partial charge in [0.15, 0.2) is 5.82 Å². The van der Waals surface area contributed by atoms with Gasteiger partial charge in [-0.2, -0.15) is 0 Å². The monoisotopic (exact) mass is 230 g/mol. The molecule has 1 aliphatic rings. The number of rotatable bonds is 1. The van der Waals surface area contributed by atoms with Gasteiger partial charge in [-0.3, -0.25) is 9.89 Å². The first-order chi connectivity index (χ1) is 8.15. The molecular formula is C12H14N4O. The van der Waals surface area contributed by atoms with Gasteiger partial charge in [0, 0.05) is 23.0 Å². The summed E-state index contributed by atoms with van der Waals surface area (Å²) in [5, 5.41) is 3.15. The molecule has 2 heterocycles. The molecule has 0 saturated heterocycles.